The summed E-state index contributed by atoms with van der Waals surface area (Å²) < 4.78 is 4.83. The Balaban J connectivity index is 2.71. The third kappa shape index (κ3) is 2.23. The molecule has 1 aromatic heterocycles. The third-order valence-corrected chi connectivity index (χ3v) is 3.21. The first-order valence-corrected chi connectivity index (χ1v) is 6.16. The number of hydrogen-bond donors (Lipinski definition) is 0. The average Bonchev–Trinajstić information content (AvgIpc) is 2.34. The van der Waals surface area contributed by atoms with Crippen LogP contribution in [-0.4, -0.2) is 22.8 Å². The number of halogens is 3. The van der Waals surface area contributed by atoms with E-state index >= 15 is 0 Å². The Kier molecular flexibility index (Phi) is 3.90. The lowest BCUT2D eigenvalue weighted by molar-refractivity contribution is 0.0518. The molecular formula is C11H7Cl3N2O2. The average molecular weight is 306 g/mol. The molecule has 0 atom stereocenters. The largest absolute Gasteiger partial charge is 0.461 e. The first-order valence-electron chi connectivity index (χ1n) is 5.03. The standard InChI is InChI=1S/C11H7Cl3N2O2/c1-2-18-11(17)10-8(14)7-5(12)3-4-6(13)9(7)15-16-10/h3-4H,2H2,1H3. The SMILES string of the molecule is CCOC(=O)c1nnc2c(Cl)ccc(Cl)c2c1Cl. The summed E-state index contributed by atoms with van der Waals surface area (Å²) in [6.45, 7) is 1.91. The van der Waals surface area contributed by atoms with E-state index in [1.54, 1.807) is 19.1 Å². The summed E-state index contributed by atoms with van der Waals surface area (Å²) in [7, 11) is 0. The van der Waals surface area contributed by atoms with Crippen LogP contribution in [0.15, 0.2) is 12.1 Å². The van der Waals surface area contributed by atoms with Crippen LogP contribution in [0.5, 0.6) is 0 Å². The van der Waals surface area contributed by atoms with E-state index in [1.807, 2.05) is 0 Å². The molecule has 0 aliphatic heterocycles. The third-order valence-electron chi connectivity index (χ3n) is 2.22. The minimum absolute atomic E-state index is 0.0739. The molecule has 7 heteroatoms. The Hall–Kier alpha value is -1.10. The van der Waals surface area contributed by atoms with Crippen molar-refractivity contribution in [3.8, 4) is 0 Å². The van der Waals surface area contributed by atoms with Crippen LogP contribution in [0, 0.1) is 0 Å². The molecule has 4 nitrogen and oxygen atoms in total. The Morgan fingerprint density at radius 1 is 1.22 bits per heavy atom. The van der Waals surface area contributed by atoms with Crippen molar-refractivity contribution in [2.45, 2.75) is 6.92 Å². The lowest BCUT2D eigenvalue weighted by Gasteiger charge is -2.07. The van der Waals surface area contributed by atoms with Crippen LogP contribution < -0.4 is 0 Å². The van der Waals surface area contributed by atoms with Gasteiger partial charge < -0.3 is 4.74 Å². The molecule has 94 valence electrons. The number of fused-ring (bicyclic) bond motifs is 1. The fourth-order valence-electron chi connectivity index (χ4n) is 1.44. The van der Waals surface area contributed by atoms with Crippen molar-refractivity contribution in [1.29, 1.82) is 0 Å². The first kappa shape index (κ1) is 13.3. The number of hydrogen-bond acceptors (Lipinski definition) is 4. The van der Waals surface area contributed by atoms with Crippen molar-refractivity contribution in [1.82, 2.24) is 10.2 Å². The topological polar surface area (TPSA) is 52.1 Å². The van der Waals surface area contributed by atoms with Gasteiger partial charge in [-0.25, -0.2) is 4.79 Å². The second-order valence-electron chi connectivity index (χ2n) is 3.34. The monoisotopic (exact) mass is 304 g/mol. The van der Waals surface area contributed by atoms with Gasteiger partial charge in [-0.2, -0.15) is 0 Å². The zero-order valence-corrected chi connectivity index (χ0v) is 11.5. The molecule has 0 amide bonds. The van der Waals surface area contributed by atoms with Crippen molar-refractivity contribution < 1.29 is 9.53 Å². The molecule has 0 unspecified atom stereocenters. The summed E-state index contributed by atoms with van der Waals surface area (Å²) in [4.78, 5) is 11.6. The highest BCUT2D eigenvalue weighted by Gasteiger charge is 2.19. The van der Waals surface area contributed by atoms with E-state index in [-0.39, 0.29) is 17.3 Å². The van der Waals surface area contributed by atoms with Crippen molar-refractivity contribution in [3.63, 3.8) is 0 Å². The van der Waals surface area contributed by atoms with Gasteiger partial charge in [0.15, 0.2) is 5.69 Å². The van der Waals surface area contributed by atoms with Gasteiger partial charge in [-0.05, 0) is 19.1 Å². The smallest absolute Gasteiger partial charge is 0.360 e. The summed E-state index contributed by atoms with van der Waals surface area (Å²) in [6.07, 6.45) is 0. The normalized spacial score (nSPS) is 10.7. The zero-order valence-electron chi connectivity index (χ0n) is 9.21. The molecule has 2 rings (SSSR count). The van der Waals surface area contributed by atoms with Crippen molar-refractivity contribution >= 4 is 51.7 Å². The maximum absolute atomic E-state index is 11.6. The molecule has 0 bridgehead atoms. The molecule has 0 aliphatic rings. The number of esters is 1. The maximum Gasteiger partial charge on any atom is 0.360 e. The number of benzene rings is 1. The highest BCUT2D eigenvalue weighted by Crippen LogP contribution is 2.34. The van der Waals surface area contributed by atoms with Gasteiger partial charge in [0, 0.05) is 5.39 Å². The van der Waals surface area contributed by atoms with Crippen LogP contribution in [0.25, 0.3) is 10.9 Å². The Labute approximate surface area is 118 Å². The van der Waals surface area contributed by atoms with Gasteiger partial charge in [0.2, 0.25) is 0 Å². The Morgan fingerprint density at radius 2 is 1.89 bits per heavy atom. The summed E-state index contributed by atoms with van der Waals surface area (Å²) in [6, 6.07) is 3.16. The van der Waals surface area contributed by atoms with Gasteiger partial charge >= 0.3 is 5.97 Å². The van der Waals surface area contributed by atoms with Gasteiger partial charge in [0.1, 0.15) is 5.52 Å². The van der Waals surface area contributed by atoms with Gasteiger partial charge in [-0.15, -0.1) is 10.2 Å². The second kappa shape index (κ2) is 5.26. The predicted molar refractivity (Wildman–Crippen MR) is 70.5 cm³/mol. The lowest BCUT2D eigenvalue weighted by Crippen LogP contribution is -2.09. The van der Waals surface area contributed by atoms with E-state index in [0.717, 1.165) is 0 Å². The Morgan fingerprint density at radius 3 is 2.56 bits per heavy atom. The van der Waals surface area contributed by atoms with Crippen LogP contribution in [-0.2, 0) is 4.74 Å². The van der Waals surface area contributed by atoms with Crippen LogP contribution >= 0.6 is 34.8 Å². The molecule has 1 aromatic carbocycles. The molecule has 18 heavy (non-hydrogen) atoms. The minimum atomic E-state index is -0.645. The quantitative estimate of drug-likeness (QED) is 0.793. The molecule has 0 aliphatic carbocycles. The molecule has 0 fully saturated rings. The summed E-state index contributed by atoms with van der Waals surface area (Å²) in [5.74, 6) is -0.645. The van der Waals surface area contributed by atoms with Crippen LogP contribution in [0.2, 0.25) is 15.1 Å². The summed E-state index contributed by atoms with van der Waals surface area (Å²) in [5, 5.41) is 8.77. The van der Waals surface area contributed by atoms with Crippen LogP contribution in [0.3, 0.4) is 0 Å². The van der Waals surface area contributed by atoms with Crippen LogP contribution in [0.4, 0.5) is 0 Å². The molecule has 0 spiro atoms. The van der Waals surface area contributed by atoms with E-state index in [0.29, 0.717) is 20.9 Å². The first-order chi connectivity index (χ1) is 8.56. The Bertz CT molecular complexity index is 631. The van der Waals surface area contributed by atoms with Gasteiger partial charge in [0.25, 0.3) is 0 Å². The van der Waals surface area contributed by atoms with Gasteiger partial charge in [0.05, 0.1) is 21.7 Å². The van der Waals surface area contributed by atoms with Crippen molar-refractivity contribution in [2.75, 3.05) is 6.61 Å². The number of nitrogens with zero attached hydrogens (tertiary/aromatic N) is 2. The number of ether oxygens (including phenoxy) is 1. The van der Waals surface area contributed by atoms with Gasteiger partial charge in [-0.3, -0.25) is 0 Å². The van der Waals surface area contributed by atoms with E-state index in [9.17, 15) is 4.79 Å². The predicted octanol–water partition coefficient (Wildman–Crippen LogP) is 3.77. The second-order valence-corrected chi connectivity index (χ2v) is 4.53. The highest BCUT2D eigenvalue weighted by atomic mass is 35.5. The van der Waals surface area contributed by atoms with E-state index < -0.39 is 5.97 Å². The fourth-order valence-corrected chi connectivity index (χ4v) is 2.24. The summed E-state index contributed by atoms with van der Waals surface area (Å²) in [5.41, 5.74) is 0.275. The number of rotatable bonds is 2. The van der Waals surface area contributed by atoms with E-state index in [2.05, 4.69) is 10.2 Å². The number of carbonyl (C=O) groups is 1. The molecule has 2 aromatic rings. The van der Waals surface area contributed by atoms with Crippen molar-refractivity contribution in [2.24, 2.45) is 0 Å². The van der Waals surface area contributed by atoms with E-state index in [4.69, 9.17) is 39.5 Å². The molecule has 0 saturated heterocycles. The molecule has 0 N–H and O–H groups in total. The fraction of sp³-hybridized carbons (Fsp3) is 0.182. The van der Waals surface area contributed by atoms with E-state index in [1.165, 1.54) is 0 Å². The number of aromatic nitrogens is 2. The lowest BCUT2D eigenvalue weighted by atomic mass is 10.2. The van der Waals surface area contributed by atoms with Gasteiger partial charge in [-0.1, -0.05) is 34.8 Å². The molecule has 0 radical (unpaired) electrons. The van der Waals surface area contributed by atoms with Crippen LogP contribution in [0.1, 0.15) is 17.4 Å². The number of carbonyl (C=O) groups excluding carboxylic acids is 1. The highest BCUT2D eigenvalue weighted by molar-refractivity contribution is 6.45. The van der Waals surface area contributed by atoms with Crippen molar-refractivity contribution in [3.05, 3.63) is 32.9 Å². The minimum Gasteiger partial charge on any atom is -0.461 e. The zero-order chi connectivity index (χ0) is 13.3. The molecule has 1 heterocycles. The molecule has 0 saturated carbocycles. The summed E-state index contributed by atoms with van der Waals surface area (Å²) >= 11 is 18.1. The molecular weight excluding hydrogens is 298 g/mol. The maximum atomic E-state index is 11.6.